The van der Waals surface area contributed by atoms with E-state index in [0.29, 0.717) is 31.8 Å². The van der Waals surface area contributed by atoms with Crippen LogP contribution < -0.4 is 15.2 Å². The van der Waals surface area contributed by atoms with E-state index in [-0.39, 0.29) is 5.97 Å². The average molecular weight is 366 g/mol. The van der Waals surface area contributed by atoms with Crippen molar-refractivity contribution >= 4 is 22.6 Å². The van der Waals surface area contributed by atoms with E-state index >= 15 is 0 Å². The third-order valence-electron chi connectivity index (χ3n) is 4.36. The van der Waals surface area contributed by atoms with Crippen molar-refractivity contribution in [1.82, 2.24) is 5.10 Å². The van der Waals surface area contributed by atoms with Gasteiger partial charge in [-0.3, -0.25) is 4.79 Å². The molecule has 6 nitrogen and oxygen atoms in total. The number of fused-ring (bicyclic) bond motifs is 1. The van der Waals surface area contributed by atoms with Gasteiger partial charge in [0.05, 0.1) is 25.5 Å². The van der Waals surface area contributed by atoms with Crippen LogP contribution in [-0.2, 0) is 16.1 Å². The number of methoxy groups -OCH3 is 1. The van der Waals surface area contributed by atoms with Gasteiger partial charge in [0.25, 0.3) is 0 Å². The van der Waals surface area contributed by atoms with Gasteiger partial charge in [0.1, 0.15) is 5.75 Å². The van der Waals surface area contributed by atoms with Gasteiger partial charge in [0, 0.05) is 22.5 Å². The lowest BCUT2D eigenvalue weighted by atomic mass is 10.0. The van der Waals surface area contributed by atoms with E-state index in [9.17, 15) is 4.79 Å². The number of benzene rings is 2. The Kier molecular flexibility index (Phi) is 5.86. The Balaban J connectivity index is 2.01. The van der Waals surface area contributed by atoms with Gasteiger partial charge in [-0.1, -0.05) is 22.9 Å². The molecular weight excluding hydrogens is 342 g/mol. The first-order chi connectivity index (χ1) is 13.1. The maximum atomic E-state index is 11.6. The first-order valence-corrected chi connectivity index (χ1v) is 9.02. The molecule has 6 heteroatoms. The smallest absolute Gasteiger partial charge is 0.306 e. The van der Waals surface area contributed by atoms with E-state index < -0.39 is 0 Å². The van der Waals surface area contributed by atoms with Crippen LogP contribution in [0.1, 0.15) is 19.8 Å². The number of aromatic nitrogens is 2. The molecule has 27 heavy (non-hydrogen) atoms. The number of carbonyl (C=O) groups is 1. The van der Waals surface area contributed by atoms with E-state index in [1.54, 1.807) is 14.0 Å². The van der Waals surface area contributed by atoms with Crippen LogP contribution in [0.15, 0.2) is 48.5 Å². The van der Waals surface area contributed by atoms with Crippen LogP contribution in [0.5, 0.6) is 5.75 Å². The predicted octanol–water partition coefficient (Wildman–Crippen LogP) is 3.12. The molecule has 0 spiro atoms. The molecule has 0 aliphatic heterocycles. The Morgan fingerprint density at radius 2 is 1.81 bits per heavy atom. The topological polar surface area (TPSA) is 78.3 Å². The first kappa shape index (κ1) is 18.6. The fourth-order valence-corrected chi connectivity index (χ4v) is 3.11. The summed E-state index contributed by atoms with van der Waals surface area (Å²) in [5.74, 6) is 1.07. The number of hydrogen-bond acceptors (Lipinski definition) is 5. The van der Waals surface area contributed by atoms with Gasteiger partial charge in [-0.25, -0.2) is 0 Å². The molecular formula is C21H24N3O3+. The molecule has 0 aliphatic carbocycles. The van der Waals surface area contributed by atoms with Crippen molar-refractivity contribution < 1.29 is 19.0 Å². The maximum Gasteiger partial charge on any atom is 0.306 e. The molecule has 140 valence electrons. The molecule has 1 heterocycles. The minimum atomic E-state index is -0.196. The van der Waals surface area contributed by atoms with Crippen molar-refractivity contribution in [2.24, 2.45) is 0 Å². The van der Waals surface area contributed by atoms with Gasteiger partial charge in [-0.15, -0.1) is 0 Å². The number of rotatable bonds is 7. The van der Waals surface area contributed by atoms with Crippen molar-refractivity contribution in [3.63, 3.8) is 0 Å². The van der Waals surface area contributed by atoms with Gasteiger partial charge in [0.2, 0.25) is 5.69 Å². The van der Waals surface area contributed by atoms with Crippen molar-refractivity contribution in [3.8, 4) is 17.0 Å². The van der Waals surface area contributed by atoms with Crippen molar-refractivity contribution in [1.29, 1.82) is 0 Å². The summed E-state index contributed by atoms with van der Waals surface area (Å²) >= 11 is 0. The Morgan fingerprint density at radius 3 is 2.48 bits per heavy atom. The summed E-state index contributed by atoms with van der Waals surface area (Å²) in [4.78, 5) is 11.6. The quantitative estimate of drug-likeness (QED) is 0.513. The van der Waals surface area contributed by atoms with E-state index in [1.165, 1.54) is 0 Å². The largest absolute Gasteiger partial charge is 0.497 e. The zero-order chi connectivity index (χ0) is 19.2. The van der Waals surface area contributed by atoms with Crippen LogP contribution >= 0.6 is 0 Å². The van der Waals surface area contributed by atoms with Crippen molar-refractivity contribution in [2.45, 2.75) is 26.3 Å². The number of nitrogens with zero attached hydrogens (tertiary/aromatic N) is 2. The molecule has 3 aromatic rings. The number of aryl methyl sites for hydroxylation is 1. The van der Waals surface area contributed by atoms with Gasteiger partial charge in [0.15, 0.2) is 12.4 Å². The second-order valence-electron chi connectivity index (χ2n) is 6.14. The molecule has 2 N–H and O–H groups in total. The Morgan fingerprint density at radius 1 is 1.11 bits per heavy atom. The highest BCUT2D eigenvalue weighted by Gasteiger charge is 2.22. The summed E-state index contributed by atoms with van der Waals surface area (Å²) in [5, 5.41) is 6.50. The molecule has 0 saturated heterocycles. The number of hydrogen-bond donors (Lipinski definition) is 1. The molecule has 0 atom stereocenters. The minimum absolute atomic E-state index is 0.196. The lowest BCUT2D eigenvalue weighted by molar-refractivity contribution is -0.741. The number of nitrogen functional groups attached to an aromatic ring is 1. The Labute approximate surface area is 158 Å². The van der Waals surface area contributed by atoms with Crippen LogP contribution in [-0.4, -0.2) is 24.8 Å². The molecule has 0 aliphatic rings. The van der Waals surface area contributed by atoms with E-state index in [2.05, 4.69) is 5.10 Å². The summed E-state index contributed by atoms with van der Waals surface area (Å²) < 4.78 is 12.1. The van der Waals surface area contributed by atoms with E-state index in [4.69, 9.17) is 15.2 Å². The Hall–Kier alpha value is -3.15. The summed E-state index contributed by atoms with van der Waals surface area (Å²) in [7, 11) is 1.64. The Bertz CT molecular complexity index is 939. The lowest BCUT2D eigenvalue weighted by Crippen LogP contribution is -2.41. The van der Waals surface area contributed by atoms with Gasteiger partial charge >= 0.3 is 5.97 Å². The van der Waals surface area contributed by atoms with Crippen LogP contribution in [0.3, 0.4) is 0 Å². The monoisotopic (exact) mass is 366 g/mol. The standard InChI is InChI=1S/C21H24N3O3/c1-3-27-19(25)9-6-14-24-20(15-10-12-16(26-2)13-11-15)17-7-4-5-8-18(17)21(22)23-24/h4-5,7-8,10-13H,3,6,9,14H2,1-2H3,(H2,22,23)/q+1. The minimum Gasteiger partial charge on any atom is -0.497 e. The molecule has 1 aromatic heterocycles. The summed E-state index contributed by atoms with van der Waals surface area (Å²) in [6.45, 7) is 2.76. The molecule has 0 amide bonds. The molecule has 0 saturated carbocycles. The summed E-state index contributed by atoms with van der Waals surface area (Å²) in [6.07, 6.45) is 0.967. The molecule has 0 fully saturated rings. The number of nitrogens with two attached hydrogens (primary N) is 1. The zero-order valence-electron chi connectivity index (χ0n) is 15.6. The lowest BCUT2D eigenvalue weighted by Gasteiger charge is -2.09. The van der Waals surface area contributed by atoms with Gasteiger partial charge in [-0.2, -0.15) is 0 Å². The SMILES string of the molecule is CCOC(=O)CCC[n+]1nc(N)c2ccccc2c1-c1ccc(OC)cc1. The van der Waals surface area contributed by atoms with Crippen molar-refractivity contribution in [2.75, 3.05) is 19.5 Å². The second-order valence-corrected chi connectivity index (χ2v) is 6.14. The summed E-state index contributed by atoms with van der Waals surface area (Å²) in [5.41, 5.74) is 8.16. The number of anilines is 1. The highest BCUT2D eigenvalue weighted by molar-refractivity contribution is 5.98. The van der Waals surface area contributed by atoms with Crippen molar-refractivity contribution in [3.05, 3.63) is 48.5 Å². The number of esters is 1. The summed E-state index contributed by atoms with van der Waals surface area (Å²) in [6, 6.07) is 15.8. The molecule has 2 aromatic carbocycles. The van der Waals surface area contributed by atoms with E-state index in [1.807, 2.05) is 53.2 Å². The van der Waals surface area contributed by atoms with Crippen LogP contribution in [0.4, 0.5) is 5.82 Å². The normalized spacial score (nSPS) is 10.7. The first-order valence-electron chi connectivity index (χ1n) is 9.02. The van der Waals surface area contributed by atoms with Crippen LogP contribution in [0.25, 0.3) is 22.0 Å². The fraction of sp³-hybridized carbons (Fsp3) is 0.286. The highest BCUT2D eigenvalue weighted by atomic mass is 16.5. The fourth-order valence-electron chi connectivity index (χ4n) is 3.11. The molecule has 0 unspecified atom stereocenters. The van der Waals surface area contributed by atoms with Gasteiger partial charge in [-0.05, 0) is 37.3 Å². The predicted molar refractivity (Wildman–Crippen MR) is 104 cm³/mol. The highest BCUT2D eigenvalue weighted by Crippen LogP contribution is 2.28. The average Bonchev–Trinajstić information content (AvgIpc) is 2.69. The third kappa shape index (κ3) is 4.16. The maximum absolute atomic E-state index is 11.6. The third-order valence-corrected chi connectivity index (χ3v) is 4.36. The van der Waals surface area contributed by atoms with E-state index in [0.717, 1.165) is 27.8 Å². The van der Waals surface area contributed by atoms with Gasteiger partial charge < -0.3 is 15.2 Å². The number of carbonyl (C=O) groups excluding carboxylic acids is 1. The molecule has 0 radical (unpaired) electrons. The zero-order valence-corrected chi connectivity index (χ0v) is 15.6. The number of ether oxygens (including phenoxy) is 2. The molecule has 0 bridgehead atoms. The van der Waals surface area contributed by atoms with Crippen LogP contribution in [0, 0.1) is 0 Å². The second kappa shape index (κ2) is 8.49. The molecule has 3 rings (SSSR count). The van der Waals surface area contributed by atoms with Crippen LogP contribution in [0.2, 0.25) is 0 Å².